The standard InChI is InChI=1S/C10H10FNS2/c11-8-3-1-7(2-4-8)9-5-14-6-10(13)12-9/h1-4,9H,5-6H2,(H,12,13). The number of hydrogen-bond acceptors (Lipinski definition) is 2. The maximum absolute atomic E-state index is 12.7. The molecule has 1 aromatic carbocycles. The first-order chi connectivity index (χ1) is 6.75. The van der Waals surface area contributed by atoms with Crippen LogP contribution in [0.25, 0.3) is 0 Å². The average molecular weight is 227 g/mol. The smallest absolute Gasteiger partial charge is 0.123 e. The van der Waals surface area contributed by atoms with Crippen molar-refractivity contribution in [2.75, 3.05) is 11.5 Å². The van der Waals surface area contributed by atoms with Crippen LogP contribution in [0.1, 0.15) is 11.6 Å². The number of nitrogens with one attached hydrogen (secondary N) is 1. The number of thiocarbonyl (C=S) groups is 1. The fourth-order valence-electron chi connectivity index (χ4n) is 1.42. The zero-order chi connectivity index (χ0) is 9.97. The zero-order valence-corrected chi connectivity index (χ0v) is 9.13. The molecule has 0 aliphatic carbocycles. The normalized spacial score (nSPS) is 21.8. The number of hydrogen-bond donors (Lipinski definition) is 1. The fraction of sp³-hybridized carbons (Fsp3) is 0.300. The minimum atomic E-state index is -0.195. The third-order valence-corrected chi connectivity index (χ3v) is 3.63. The van der Waals surface area contributed by atoms with Crippen LogP contribution in [0.4, 0.5) is 4.39 Å². The Kier molecular flexibility index (Phi) is 3.03. The number of halogens is 1. The van der Waals surface area contributed by atoms with Crippen molar-refractivity contribution >= 4 is 29.0 Å². The summed E-state index contributed by atoms with van der Waals surface area (Å²) in [5.74, 6) is 1.69. The van der Waals surface area contributed by atoms with E-state index < -0.39 is 0 Å². The Morgan fingerprint density at radius 3 is 2.71 bits per heavy atom. The molecule has 0 amide bonds. The quantitative estimate of drug-likeness (QED) is 0.740. The molecule has 1 heterocycles. The van der Waals surface area contributed by atoms with E-state index in [4.69, 9.17) is 12.2 Å². The monoisotopic (exact) mass is 227 g/mol. The van der Waals surface area contributed by atoms with Gasteiger partial charge in [0.25, 0.3) is 0 Å². The molecule has 1 N–H and O–H groups in total. The highest BCUT2D eigenvalue weighted by molar-refractivity contribution is 8.01. The molecule has 1 atom stereocenters. The maximum atomic E-state index is 12.7. The minimum absolute atomic E-state index is 0.195. The molecule has 1 unspecified atom stereocenters. The SMILES string of the molecule is Fc1ccc(C2CSCC(=S)N2)cc1. The molecule has 14 heavy (non-hydrogen) atoms. The summed E-state index contributed by atoms with van der Waals surface area (Å²) < 4.78 is 12.7. The highest BCUT2D eigenvalue weighted by Gasteiger charge is 2.17. The van der Waals surface area contributed by atoms with Crippen molar-refractivity contribution in [3.05, 3.63) is 35.6 Å². The Balaban J connectivity index is 2.14. The van der Waals surface area contributed by atoms with Gasteiger partial charge in [0.2, 0.25) is 0 Å². The van der Waals surface area contributed by atoms with E-state index in [2.05, 4.69) is 5.32 Å². The molecule has 1 saturated heterocycles. The summed E-state index contributed by atoms with van der Waals surface area (Å²) in [6.45, 7) is 0. The van der Waals surface area contributed by atoms with E-state index in [-0.39, 0.29) is 11.9 Å². The Hall–Kier alpha value is -0.610. The van der Waals surface area contributed by atoms with Gasteiger partial charge in [-0.1, -0.05) is 24.4 Å². The van der Waals surface area contributed by atoms with Crippen LogP contribution in [0.2, 0.25) is 0 Å². The molecule has 0 bridgehead atoms. The van der Waals surface area contributed by atoms with Gasteiger partial charge in [-0.3, -0.25) is 0 Å². The van der Waals surface area contributed by atoms with Crippen LogP contribution >= 0.6 is 24.0 Å². The highest BCUT2D eigenvalue weighted by atomic mass is 32.2. The first kappa shape index (κ1) is 9.93. The molecule has 0 spiro atoms. The number of rotatable bonds is 1. The molecular formula is C10H10FNS2. The fourth-order valence-corrected chi connectivity index (χ4v) is 2.71. The Morgan fingerprint density at radius 2 is 2.07 bits per heavy atom. The van der Waals surface area contributed by atoms with Crippen molar-refractivity contribution < 1.29 is 4.39 Å². The summed E-state index contributed by atoms with van der Waals surface area (Å²) in [4.78, 5) is 0.885. The van der Waals surface area contributed by atoms with Crippen LogP contribution in [0.3, 0.4) is 0 Å². The van der Waals surface area contributed by atoms with Gasteiger partial charge in [-0.15, -0.1) is 0 Å². The van der Waals surface area contributed by atoms with Gasteiger partial charge >= 0.3 is 0 Å². The topological polar surface area (TPSA) is 12.0 Å². The highest BCUT2D eigenvalue weighted by Crippen LogP contribution is 2.22. The largest absolute Gasteiger partial charge is 0.371 e. The number of benzene rings is 1. The Bertz CT molecular complexity index is 336. The van der Waals surface area contributed by atoms with E-state index in [9.17, 15) is 4.39 Å². The molecule has 1 aliphatic heterocycles. The van der Waals surface area contributed by atoms with Gasteiger partial charge in [0, 0.05) is 11.5 Å². The van der Waals surface area contributed by atoms with Gasteiger partial charge in [-0.2, -0.15) is 11.8 Å². The molecule has 74 valence electrons. The van der Waals surface area contributed by atoms with E-state index in [0.717, 1.165) is 22.1 Å². The van der Waals surface area contributed by atoms with E-state index in [1.54, 1.807) is 0 Å². The van der Waals surface area contributed by atoms with Crippen LogP contribution in [0.15, 0.2) is 24.3 Å². The molecule has 0 saturated carbocycles. The summed E-state index contributed by atoms with van der Waals surface area (Å²) >= 11 is 6.92. The van der Waals surface area contributed by atoms with E-state index in [0.29, 0.717) is 0 Å². The lowest BCUT2D eigenvalue weighted by molar-refractivity contribution is 0.624. The summed E-state index contributed by atoms with van der Waals surface area (Å²) in [5, 5.41) is 3.24. The Labute approximate surface area is 92.1 Å². The van der Waals surface area contributed by atoms with Crippen molar-refractivity contribution in [3.63, 3.8) is 0 Å². The van der Waals surface area contributed by atoms with Gasteiger partial charge < -0.3 is 5.32 Å². The molecular weight excluding hydrogens is 217 g/mol. The molecule has 1 fully saturated rings. The van der Waals surface area contributed by atoms with Crippen molar-refractivity contribution in [2.45, 2.75) is 6.04 Å². The predicted octanol–water partition coefficient (Wildman–Crippen LogP) is 2.53. The Morgan fingerprint density at radius 1 is 1.36 bits per heavy atom. The van der Waals surface area contributed by atoms with Crippen LogP contribution in [-0.2, 0) is 0 Å². The molecule has 0 aromatic heterocycles. The summed E-state index contributed by atoms with van der Waals surface area (Å²) in [6, 6.07) is 6.82. The number of thioether (sulfide) groups is 1. The van der Waals surface area contributed by atoms with Crippen LogP contribution in [0.5, 0.6) is 0 Å². The van der Waals surface area contributed by atoms with E-state index >= 15 is 0 Å². The van der Waals surface area contributed by atoms with Gasteiger partial charge in [-0.05, 0) is 17.7 Å². The summed E-state index contributed by atoms with van der Waals surface area (Å²) in [7, 11) is 0. The zero-order valence-electron chi connectivity index (χ0n) is 7.50. The first-order valence-corrected chi connectivity index (χ1v) is 5.94. The van der Waals surface area contributed by atoms with Crippen LogP contribution in [0, 0.1) is 5.82 Å². The van der Waals surface area contributed by atoms with E-state index in [1.165, 1.54) is 12.1 Å². The molecule has 1 nitrogen and oxygen atoms in total. The molecule has 1 aliphatic rings. The van der Waals surface area contributed by atoms with Crippen molar-refractivity contribution in [1.29, 1.82) is 0 Å². The summed E-state index contributed by atoms with van der Waals surface area (Å²) in [5.41, 5.74) is 1.10. The second-order valence-electron chi connectivity index (χ2n) is 3.19. The maximum Gasteiger partial charge on any atom is 0.123 e. The van der Waals surface area contributed by atoms with Crippen LogP contribution in [-0.4, -0.2) is 16.5 Å². The molecule has 2 rings (SSSR count). The average Bonchev–Trinajstić information content (AvgIpc) is 2.19. The first-order valence-electron chi connectivity index (χ1n) is 4.38. The van der Waals surface area contributed by atoms with Gasteiger partial charge in [0.05, 0.1) is 11.0 Å². The third-order valence-electron chi connectivity index (χ3n) is 2.13. The third kappa shape index (κ3) is 2.25. The van der Waals surface area contributed by atoms with Crippen molar-refractivity contribution in [3.8, 4) is 0 Å². The van der Waals surface area contributed by atoms with E-state index in [1.807, 2.05) is 23.9 Å². The molecule has 0 radical (unpaired) electrons. The van der Waals surface area contributed by atoms with Crippen LogP contribution < -0.4 is 5.32 Å². The lowest BCUT2D eigenvalue weighted by Crippen LogP contribution is -2.34. The second-order valence-corrected chi connectivity index (χ2v) is 4.71. The van der Waals surface area contributed by atoms with Crippen molar-refractivity contribution in [1.82, 2.24) is 5.32 Å². The predicted molar refractivity (Wildman–Crippen MR) is 62.2 cm³/mol. The lowest BCUT2D eigenvalue weighted by Gasteiger charge is -2.25. The lowest BCUT2D eigenvalue weighted by atomic mass is 10.1. The van der Waals surface area contributed by atoms with Gasteiger partial charge in [0.1, 0.15) is 5.82 Å². The second kappa shape index (κ2) is 4.28. The molecule has 4 heteroatoms. The van der Waals surface area contributed by atoms with Gasteiger partial charge in [0.15, 0.2) is 0 Å². The van der Waals surface area contributed by atoms with Gasteiger partial charge in [-0.25, -0.2) is 4.39 Å². The molecule has 1 aromatic rings. The summed E-state index contributed by atoms with van der Waals surface area (Å²) in [6.07, 6.45) is 0. The minimum Gasteiger partial charge on any atom is -0.371 e. The van der Waals surface area contributed by atoms with Crippen molar-refractivity contribution in [2.24, 2.45) is 0 Å².